The third-order valence-electron chi connectivity index (χ3n) is 4.75. The molecule has 1 amide bonds. The summed E-state index contributed by atoms with van der Waals surface area (Å²) in [6.07, 6.45) is 4.38. The number of rotatable bonds is 5. The Bertz CT molecular complexity index is 935. The van der Waals surface area contributed by atoms with Gasteiger partial charge in [0.05, 0.1) is 7.11 Å². The second-order valence-corrected chi connectivity index (χ2v) is 6.57. The van der Waals surface area contributed by atoms with Gasteiger partial charge in [-0.25, -0.2) is 19.3 Å². The maximum atomic E-state index is 11.9. The predicted octanol–water partition coefficient (Wildman–Crippen LogP) is 1.25. The van der Waals surface area contributed by atoms with Crippen LogP contribution in [-0.4, -0.2) is 61.0 Å². The molecule has 140 valence electrons. The average Bonchev–Trinajstić information content (AvgIpc) is 3.34. The van der Waals surface area contributed by atoms with Crippen LogP contribution in [0, 0.1) is 0 Å². The number of aromatic nitrogens is 6. The van der Waals surface area contributed by atoms with Gasteiger partial charge in [0.25, 0.3) is 0 Å². The lowest BCUT2D eigenvalue weighted by Gasteiger charge is -2.29. The summed E-state index contributed by atoms with van der Waals surface area (Å²) in [5, 5.41) is 8.85. The van der Waals surface area contributed by atoms with Gasteiger partial charge < -0.3 is 9.64 Å². The normalized spacial score (nSPS) is 17.3. The quantitative estimate of drug-likeness (QED) is 0.674. The molecule has 0 aliphatic carbocycles. The van der Waals surface area contributed by atoms with Gasteiger partial charge in [0.2, 0.25) is 5.91 Å². The van der Waals surface area contributed by atoms with Crippen LogP contribution in [0.4, 0.5) is 0 Å². The van der Waals surface area contributed by atoms with Crippen molar-refractivity contribution in [2.75, 3.05) is 20.7 Å². The van der Waals surface area contributed by atoms with Crippen molar-refractivity contribution in [3.63, 3.8) is 0 Å². The van der Waals surface area contributed by atoms with Gasteiger partial charge in [-0.05, 0) is 18.6 Å². The summed E-state index contributed by atoms with van der Waals surface area (Å²) in [6.45, 7) is 1.05. The van der Waals surface area contributed by atoms with E-state index in [4.69, 9.17) is 14.8 Å². The number of ether oxygens (including phenoxy) is 1. The van der Waals surface area contributed by atoms with Crippen LogP contribution in [0.3, 0.4) is 0 Å². The van der Waals surface area contributed by atoms with Gasteiger partial charge in [-0.1, -0.05) is 12.1 Å². The van der Waals surface area contributed by atoms with E-state index in [0.717, 1.165) is 23.7 Å². The molecular formula is C18H21N7O2. The Kier molecular flexibility index (Phi) is 4.57. The molecule has 0 bridgehead atoms. The van der Waals surface area contributed by atoms with Crippen LogP contribution in [0.25, 0.3) is 5.69 Å². The fourth-order valence-electron chi connectivity index (χ4n) is 3.36. The van der Waals surface area contributed by atoms with E-state index in [9.17, 15) is 4.79 Å². The van der Waals surface area contributed by atoms with Crippen LogP contribution in [0.15, 0.2) is 36.9 Å². The van der Waals surface area contributed by atoms with Gasteiger partial charge in [0.15, 0.2) is 5.82 Å². The zero-order chi connectivity index (χ0) is 18.8. The molecule has 1 saturated heterocycles. The van der Waals surface area contributed by atoms with Crippen LogP contribution in [0.5, 0.6) is 5.75 Å². The fourth-order valence-corrected chi connectivity index (χ4v) is 3.36. The average molecular weight is 367 g/mol. The van der Waals surface area contributed by atoms with E-state index in [1.165, 1.54) is 6.33 Å². The second-order valence-electron chi connectivity index (χ2n) is 6.57. The molecule has 1 atom stereocenters. The third kappa shape index (κ3) is 3.40. The number of hydrogen-bond acceptors (Lipinski definition) is 6. The first-order chi connectivity index (χ1) is 13.2. The van der Waals surface area contributed by atoms with E-state index >= 15 is 0 Å². The summed E-state index contributed by atoms with van der Waals surface area (Å²) < 4.78 is 9.03. The Hall–Kier alpha value is -3.23. The van der Waals surface area contributed by atoms with Crippen LogP contribution in [0.2, 0.25) is 0 Å². The first kappa shape index (κ1) is 17.2. The lowest BCUT2D eigenvalue weighted by Crippen LogP contribution is -2.36. The SMILES string of the molecule is COc1ccccc1-n1nc(Cn2cncn2)nc1[C@H]1CCC(=O)N(C)C1. The van der Waals surface area contributed by atoms with Crippen molar-refractivity contribution in [2.45, 2.75) is 25.3 Å². The number of hydrogen-bond donors (Lipinski definition) is 0. The molecular weight excluding hydrogens is 346 g/mol. The first-order valence-electron chi connectivity index (χ1n) is 8.81. The van der Waals surface area contributed by atoms with Crippen molar-refractivity contribution in [3.05, 3.63) is 48.6 Å². The predicted molar refractivity (Wildman–Crippen MR) is 96.6 cm³/mol. The van der Waals surface area contributed by atoms with E-state index < -0.39 is 0 Å². The molecule has 3 heterocycles. The highest BCUT2D eigenvalue weighted by Crippen LogP contribution is 2.30. The number of para-hydroxylation sites is 2. The van der Waals surface area contributed by atoms with Gasteiger partial charge in [0.1, 0.15) is 36.5 Å². The summed E-state index contributed by atoms with van der Waals surface area (Å²) in [5.41, 5.74) is 0.826. The molecule has 0 saturated carbocycles. The third-order valence-corrected chi connectivity index (χ3v) is 4.75. The second kappa shape index (κ2) is 7.18. The fraction of sp³-hybridized carbons (Fsp3) is 0.389. The molecule has 2 aromatic heterocycles. The van der Waals surface area contributed by atoms with E-state index in [1.54, 1.807) is 23.0 Å². The topological polar surface area (TPSA) is 91.0 Å². The molecule has 9 heteroatoms. The molecule has 0 spiro atoms. The number of benzene rings is 1. The van der Waals surface area contributed by atoms with Crippen molar-refractivity contribution in [1.82, 2.24) is 34.4 Å². The largest absolute Gasteiger partial charge is 0.494 e. The van der Waals surface area contributed by atoms with Crippen molar-refractivity contribution >= 4 is 5.91 Å². The molecule has 4 rings (SSSR count). The highest BCUT2D eigenvalue weighted by atomic mass is 16.5. The molecule has 9 nitrogen and oxygen atoms in total. The Morgan fingerprint density at radius 3 is 2.89 bits per heavy atom. The number of likely N-dealkylation sites (N-methyl/N-ethyl adjacent to an activating group) is 1. The Morgan fingerprint density at radius 2 is 2.15 bits per heavy atom. The molecule has 1 aliphatic heterocycles. The number of likely N-dealkylation sites (tertiary alicyclic amines) is 1. The molecule has 0 radical (unpaired) electrons. The van der Waals surface area contributed by atoms with Gasteiger partial charge in [-0.3, -0.25) is 4.79 Å². The minimum absolute atomic E-state index is 0.106. The van der Waals surface area contributed by atoms with Crippen LogP contribution in [0.1, 0.15) is 30.4 Å². The number of methoxy groups -OCH3 is 1. The first-order valence-corrected chi connectivity index (χ1v) is 8.81. The Labute approximate surface area is 156 Å². The Morgan fingerprint density at radius 1 is 1.30 bits per heavy atom. The monoisotopic (exact) mass is 367 g/mol. The van der Waals surface area contributed by atoms with Crippen molar-refractivity contribution < 1.29 is 9.53 Å². The van der Waals surface area contributed by atoms with E-state index in [-0.39, 0.29) is 11.8 Å². The minimum atomic E-state index is 0.106. The summed E-state index contributed by atoms with van der Waals surface area (Å²) in [6, 6.07) is 7.71. The number of amides is 1. The van der Waals surface area contributed by atoms with E-state index in [1.807, 2.05) is 36.0 Å². The lowest BCUT2D eigenvalue weighted by molar-refractivity contribution is -0.132. The zero-order valence-electron chi connectivity index (χ0n) is 15.3. The maximum absolute atomic E-state index is 11.9. The lowest BCUT2D eigenvalue weighted by atomic mass is 9.97. The van der Waals surface area contributed by atoms with Crippen molar-refractivity contribution in [3.8, 4) is 11.4 Å². The number of nitrogens with zero attached hydrogens (tertiary/aromatic N) is 7. The molecule has 3 aromatic rings. The van der Waals surface area contributed by atoms with Gasteiger partial charge in [0, 0.05) is 25.9 Å². The van der Waals surface area contributed by atoms with E-state index in [2.05, 4.69) is 10.1 Å². The standard InChI is InChI=1S/C18H21N7O2/c1-23-9-13(7-8-17(23)26)18-21-16(10-24-12-19-11-20-24)22-25(18)14-5-3-4-6-15(14)27-2/h3-6,11-13H,7-10H2,1-2H3/t13-/m0/s1. The summed E-state index contributed by atoms with van der Waals surface area (Å²) >= 11 is 0. The van der Waals surface area contributed by atoms with Gasteiger partial charge >= 0.3 is 0 Å². The van der Waals surface area contributed by atoms with Crippen LogP contribution in [-0.2, 0) is 11.3 Å². The molecule has 0 N–H and O–H groups in total. The zero-order valence-corrected chi connectivity index (χ0v) is 15.3. The molecule has 0 unspecified atom stereocenters. The van der Waals surface area contributed by atoms with Gasteiger partial charge in [-0.2, -0.15) is 5.10 Å². The summed E-state index contributed by atoms with van der Waals surface area (Å²) in [4.78, 5) is 22.4. The smallest absolute Gasteiger partial charge is 0.222 e. The van der Waals surface area contributed by atoms with Gasteiger partial charge in [-0.15, -0.1) is 5.10 Å². The number of piperidine rings is 1. The maximum Gasteiger partial charge on any atom is 0.222 e. The Balaban J connectivity index is 1.75. The molecule has 1 fully saturated rings. The number of carbonyl (C=O) groups excluding carboxylic acids is 1. The molecule has 27 heavy (non-hydrogen) atoms. The highest BCUT2D eigenvalue weighted by molar-refractivity contribution is 5.76. The van der Waals surface area contributed by atoms with E-state index in [0.29, 0.717) is 25.3 Å². The summed E-state index contributed by atoms with van der Waals surface area (Å²) in [7, 11) is 3.47. The van der Waals surface area contributed by atoms with Crippen LogP contribution < -0.4 is 4.74 Å². The summed E-state index contributed by atoms with van der Waals surface area (Å²) in [5.74, 6) is 2.46. The van der Waals surface area contributed by atoms with Crippen LogP contribution >= 0.6 is 0 Å². The molecule has 1 aromatic carbocycles. The van der Waals surface area contributed by atoms with Crippen molar-refractivity contribution in [1.29, 1.82) is 0 Å². The molecule has 1 aliphatic rings. The van der Waals surface area contributed by atoms with Crippen molar-refractivity contribution in [2.24, 2.45) is 0 Å². The highest BCUT2D eigenvalue weighted by Gasteiger charge is 2.29. The number of carbonyl (C=O) groups is 1. The minimum Gasteiger partial charge on any atom is -0.494 e.